The van der Waals surface area contributed by atoms with E-state index in [9.17, 15) is 18.3 Å². The topological polar surface area (TPSA) is 87.6 Å². The standard InChI is InChI=1S/C32H27ClN2O4S/c33-28-12-4-3-11-27(28)32(37)16-19-35(20-17-32)31(36)26-15-14-23(24-9-1-2-10-25(24)26)21-40(38,39)29-13-5-7-22-8-6-18-34-30(22)29/h1-15,18,37H,16-17,19-21H2. The zero-order valence-corrected chi connectivity index (χ0v) is 23.2. The van der Waals surface area contributed by atoms with Crippen LogP contribution >= 0.6 is 11.6 Å². The number of hydrogen-bond donors (Lipinski definition) is 1. The second-order valence-corrected chi connectivity index (χ2v) is 12.6. The first-order valence-corrected chi connectivity index (χ1v) is 15.1. The second kappa shape index (κ2) is 10.3. The average molecular weight is 571 g/mol. The minimum Gasteiger partial charge on any atom is -0.385 e. The number of amides is 1. The summed E-state index contributed by atoms with van der Waals surface area (Å²) in [6.45, 7) is 0.748. The van der Waals surface area contributed by atoms with Crippen LogP contribution in [-0.4, -0.2) is 42.4 Å². The molecule has 5 aromatic rings. The molecule has 2 heterocycles. The van der Waals surface area contributed by atoms with Gasteiger partial charge in [-0.3, -0.25) is 9.78 Å². The van der Waals surface area contributed by atoms with Crippen LogP contribution in [0, 0.1) is 0 Å². The SMILES string of the molecule is O=C(c1ccc(CS(=O)(=O)c2cccc3cccnc23)c2ccccc12)N1CCC(O)(c2ccccc2Cl)CC1. The van der Waals surface area contributed by atoms with Crippen molar-refractivity contribution in [1.29, 1.82) is 0 Å². The van der Waals surface area contributed by atoms with Gasteiger partial charge >= 0.3 is 0 Å². The predicted molar refractivity (Wildman–Crippen MR) is 157 cm³/mol. The number of rotatable bonds is 5. The number of aromatic nitrogens is 1. The smallest absolute Gasteiger partial charge is 0.254 e. The van der Waals surface area contributed by atoms with Crippen LogP contribution in [0.5, 0.6) is 0 Å². The zero-order valence-electron chi connectivity index (χ0n) is 21.6. The number of para-hydroxylation sites is 1. The molecule has 1 fully saturated rings. The number of halogens is 1. The number of aliphatic hydroxyl groups is 1. The highest BCUT2D eigenvalue weighted by Crippen LogP contribution is 2.37. The molecule has 0 saturated carbocycles. The lowest BCUT2D eigenvalue weighted by atomic mass is 9.84. The summed E-state index contributed by atoms with van der Waals surface area (Å²) < 4.78 is 27.2. The number of piperidine rings is 1. The van der Waals surface area contributed by atoms with Crippen molar-refractivity contribution < 1.29 is 18.3 Å². The highest BCUT2D eigenvalue weighted by Gasteiger charge is 2.37. The molecule has 8 heteroatoms. The molecular formula is C32H27ClN2O4S. The largest absolute Gasteiger partial charge is 0.385 e. The molecule has 4 aromatic carbocycles. The van der Waals surface area contributed by atoms with Crippen LogP contribution in [0.3, 0.4) is 0 Å². The molecule has 6 rings (SSSR count). The van der Waals surface area contributed by atoms with E-state index in [1.807, 2.05) is 54.6 Å². The number of fused-ring (bicyclic) bond motifs is 2. The molecule has 6 nitrogen and oxygen atoms in total. The van der Waals surface area contributed by atoms with Gasteiger partial charge in [0.15, 0.2) is 9.84 Å². The van der Waals surface area contributed by atoms with Gasteiger partial charge in [0.1, 0.15) is 0 Å². The van der Waals surface area contributed by atoms with Crippen molar-refractivity contribution >= 4 is 49.0 Å². The van der Waals surface area contributed by atoms with Crippen LogP contribution in [0.25, 0.3) is 21.7 Å². The van der Waals surface area contributed by atoms with Gasteiger partial charge in [-0.15, -0.1) is 0 Å². The van der Waals surface area contributed by atoms with E-state index in [1.165, 1.54) is 0 Å². The normalized spacial score (nSPS) is 15.4. The van der Waals surface area contributed by atoms with Crippen molar-refractivity contribution in [3.8, 4) is 0 Å². The molecule has 0 radical (unpaired) electrons. The third-order valence-corrected chi connectivity index (χ3v) is 9.79. The average Bonchev–Trinajstić information content (AvgIpc) is 2.97. The fourth-order valence-electron chi connectivity index (χ4n) is 5.64. The number of carbonyl (C=O) groups is 1. The molecule has 1 aliphatic heterocycles. The number of sulfone groups is 1. The number of pyridine rings is 1. The maximum absolute atomic E-state index is 13.7. The zero-order chi connectivity index (χ0) is 27.9. The number of hydrogen-bond acceptors (Lipinski definition) is 5. The fraction of sp³-hybridized carbons (Fsp3) is 0.188. The summed E-state index contributed by atoms with van der Waals surface area (Å²) in [5, 5.41) is 14.0. The molecule has 0 unspecified atom stereocenters. The first kappa shape index (κ1) is 26.4. The van der Waals surface area contributed by atoms with Gasteiger partial charge in [0.2, 0.25) is 0 Å². The maximum atomic E-state index is 13.7. The highest BCUT2D eigenvalue weighted by atomic mass is 35.5. The van der Waals surface area contributed by atoms with E-state index in [0.29, 0.717) is 58.5 Å². The van der Waals surface area contributed by atoms with Gasteiger partial charge in [-0.25, -0.2) is 8.42 Å². The monoisotopic (exact) mass is 570 g/mol. The summed E-state index contributed by atoms with van der Waals surface area (Å²) in [6, 6.07) is 26.9. The van der Waals surface area contributed by atoms with Gasteiger partial charge in [-0.1, -0.05) is 78.3 Å². The minimum atomic E-state index is -3.72. The van der Waals surface area contributed by atoms with Gasteiger partial charge in [-0.05, 0) is 53.4 Å². The molecular weight excluding hydrogens is 544 g/mol. The summed E-state index contributed by atoms with van der Waals surface area (Å²) in [7, 11) is -3.72. The Morgan fingerprint density at radius 3 is 2.35 bits per heavy atom. The van der Waals surface area contributed by atoms with Gasteiger partial charge in [-0.2, -0.15) is 0 Å². The van der Waals surface area contributed by atoms with E-state index in [0.717, 1.165) is 10.8 Å². The number of carbonyl (C=O) groups excluding carboxylic acids is 1. The predicted octanol–water partition coefficient (Wildman–Crippen LogP) is 6.14. The molecule has 1 N–H and O–H groups in total. The molecule has 1 saturated heterocycles. The third kappa shape index (κ3) is 4.74. The first-order chi connectivity index (χ1) is 19.3. The Morgan fingerprint density at radius 1 is 0.875 bits per heavy atom. The quantitative estimate of drug-likeness (QED) is 0.274. The summed E-state index contributed by atoms with van der Waals surface area (Å²) in [5.74, 6) is -0.364. The molecule has 1 aliphatic rings. The third-order valence-electron chi connectivity index (χ3n) is 7.77. The van der Waals surface area contributed by atoms with E-state index in [2.05, 4.69) is 4.98 Å². The fourth-order valence-corrected chi connectivity index (χ4v) is 7.52. The summed E-state index contributed by atoms with van der Waals surface area (Å²) >= 11 is 6.35. The molecule has 0 spiro atoms. The van der Waals surface area contributed by atoms with E-state index >= 15 is 0 Å². The number of benzene rings is 4. The molecule has 202 valence electrons. The van der Waals surface area contributed by atoms with Crippen LogP contribution in [0.4, 0.5) is 0 Å². The molecule has 0 atom stereocenters. The molecule has 0 bridgehead atoms. The van der Waals surface area contributed by atoms with E-state index in [-0.39, 0.29) is 16.6 Å². The van der Waals surface area contributed by atoms with Gasteiger partial charge in [0.05, 0.1) is 21.8 Å². The van der Waals surface area contributed by atoms with Crippen molar-refractivity contribution in [1.82, 2.24) is 9.88 Å². The van der Waals surface area contributed by atoms with Crippen molar-refractivity contribution in [3.05, 3.63) is 119 Å². The van der Waals surface area contributed by atoms with Crippen LogP contribution in [0.2, 0.25) is 5.02 Å². The first-order valence-electron chi connectivity index (χ1n) is 13.1. The lowest BCUT2D eigenvalue weighted by Gasteiger charge is -2.39. The second-order valence-electron chi connectivity index (χ2n) is 10.2. The van der Waals surface area contributed by atoms with Gasteiger partial charge in [0.25, 0.3) is 5.91 Å². The Hall–Kier alpha value is -3.78. The summed E-state index contributed by atoms with van der Waals surface area (Å²) in [6.07, 6.45) is 2.33. The maximum Gasteiger partial charge on any atom is 0.254 e. The van der Waals surface area contributed by atoms with Crippen LogP contribution < -0.4 is 0 Å². The van der Waals surface area contributed by atoms with E-state index in [1.54, 1.807) is 47.5 Å². The number of likely N-dealkylation sites (tertiary alicyclic amines) is 1. The van der Waals surface area contributed by atoms with Crippen molar-refractivity contribution in [2.24, 2.45) is 0 Å². The lowest BCUT2D eigenvalue weighted by Crippen LogP contribution is -2.45. The molecule has 40 heavy (non-hydrogen) atoms. The Labute approximate surface area is 237 Å². The van der Waals surface area contributed by atoms with Crippen molar-refractivity contribution in [2.75, 3.05) is 13.1 Å². The van der Waals surface area contributed by atoms with E-state index < -0.39 is 15.4 Å². The Bertz CT molecular complexity index is 1860. The van der Waals surface area contributed by atoms with Crippen LogP contribution in [0.15, 0.2) is 102 Å². The van der Waals surface area contributed by atoms with E-state index in [4.69, 9.17) is 11.6 Å². The molecule has 1 amide bonds. The van der Waals surface area contributed by atoms with Crippen LogP contribution in [-0.2, 0) is 21.2 Å². The van der Waals surface area contributed by atoms with Gasteiger partial charge < -0.3 is 10.0 Å². The summed E-state index contributed by atoms with van der Waals surface area (Å²) in [4.78, 5) is 19.9. The van der Waals surface area contributed by atoms with Crippen molar-refractivity contribution in [3.63, 3.8) is 0 Å². The Kier molecular flexibility index (Phi) is 6.82. The summed E-state index contributed by atoms with van der Waals surface area (Å²) in [5.41, 5.74) is 1.16. The Balaban J connectivity index is 1.29. The van der Waals surface area contributed by atoms with Gasteiger partial charge in [0, 0.05) is 40.8 Å². The molecule has 0 aliphatic carbocycles. The van der Waals surface area contributed by atoms with Crippen molar-refractivity contribution in [2.45, 2.75) is 29.1 Å². The van der Waals surface area contributed by atoms with Crippen LogP contribution in [0.1, 0.15) is 34.3 Å². The lowest BCUT2D eigenvalue weighted by molar-refractivity contribution is -0.0210. The Morgan fingerprint density at radius 2 is 1.57 bits per heavy atom. The number of nitrogens with zero attached hydrogens (tertiary/aromatic N) is 2. The minimum absolute atomic E-state index is 0.148. The highest BCUT2D eigenvalue weighted by molar-refractivity contribution is 7.90. The molecule has 1 aromatic heterocycles.